The third-order valence-corrected chi connectivity index (χ3v) is 7.13. The van der Waals surface area contributed by atoms with E-state index in [-0.39, 0.29) is 11.8 Å². The number of benzene rings is 1. The maximum Gasteiger partial charge on any atom is 0.410 e. The molecule has 1 aliphatic carbocycles. The summed E-state index contributed by atoms with van der Waals surface area (Å²) in [4.78, 5) is 33.5. The monoisotopic (exact) mass is 442 g/mol. The van der Waals surface area contributed by atoms with Gasteiger partial charge in [-0.3, -0.25) is 20.2 Å². The van der Waals surface area contributed by atoms with Crippen LogP contribution in [-0.2, 0) is 14.8 Å². The lowest BCUT2D eigenvalue weighted by Gasteiger charge is -2.27. The van der Waals surface area contributed by atoms with Crippen molar-refractivity contribution >= 4 is 27.5 Å². The molecule has 1 aromatic rings. The summed E-state index contributed by atoms with van der Waals surface area (Å²) in [5.41, 5.74) is -2.06. The van der Waals surface area contributed by atoms with Gasteiger partial charge in [-0.05, 0) is 38.7 Å². The number of carbonyl (C=O) groups excluding carboxylic acids is 1. The first-order valence-electron chi connectivity index (χ1n) is 9.13. The summed E-state index contributed by atoms with van der Waals surface area (Å²) >= 11 is 0. The van der Waals surface area contributed by atoms with Crippen molar-refractivity contribution in [2.24, 2.45) is 11.8 Å². The quantitative estimate of drug-likeness (QED) is 0.495. The van der Waals surface area contributed by atoms with Crippen molar-refractivity contribution in [3.63, 3.8) is 0 Å². The van der Waals surface area contributed by atoms with Crippen LogP contribution < -0.4 is 0 Å². The van der Waals surface area contributed by atoms with Gasteiger partial charge in [0.05, 0.1) is 15.9 Å². The zero-order chi connectivity index (χ0) is 22.6. The van der Waals surface area contributed by atoms with E-state index in [0.29, 0.717) is 19.2 Å². The molecule has 1 aromatic carbocycles. The molecule has 164 valence electrons. The van der Waals surface area contributed by atoms with Crippen LogP contribution in [0.1, 0.15) is 20.8 Å². The lowest BCUT2D eigenvalue weighted by Crippen LogP contribution is -2.40. The predicted octanol–water partition coefficient (Wildman–Crippen LogP) is 1.99. The highest BCUT2D eigenvalue weighted by Gasteiger charge is 2.61. The van der Waals surface area contributed by atoms with Gasteiger partial charge in [0.2, 0.25) is 10.0 Å². The number of nitro benzene ring substituents is 2. The number of likely N-dealkylation sites (tertiary alicyclic amines) is 1. The number of sulfonamides is 1. The van der Waals surface area contributed by atoms with Crippen molar-refractivity contribution in [1.82, 2.24) is 9.21 Å². The first kappa shape index (κ1) is 21.9. The lowest BCUT2D eigenvalue weighted by atomic mass is 10.2. The highest BCUT2D eigenvalue weighted by Crippen LogP contribution is 2.50. The van der Waals surface area contributed by atoms with Gasteiger partial charge in [-0.1, -0.05) is 0 Å². The molecule has 1 amide bonds. The zero-order valence-corrected chi connectivity index (χ0v) is 17.7. The molecule has 2 fully saturated rings. The summed E-state index contributed by atoms with van der Waals surface area (Å²) in [5, 5.41) is 22.2. The molecule has 0 bridgehead atoms. The lowest BCUT2D eigenvalue weighted by molar-refractivity contribution is -0.396. The second kappa shape index (κ2) is 7.16. The molecule has 1 heterocycles. The van der Waals surface area contributed by atoms with Gasteiger partial charge in [-0.2, -0.15) is 4.31 Å². The number of non-ortho nitro benzene ring substituents is 1. The van der Waals surface area contributed by atoms with Gasteiger partial charge in [-0.25, -0.2) is 13.2 Å². The first-order chi connectivity index (χ1) is 13.7. The molecule has 0 spiro atoms. The average molecular weight is 442 g/mol. The van der Waals surface area contributed by atoms with E-state index < -0.39 is 53.9 Å². The Bertz CT molecular complexity index is 1010. The standard InChI is InChI=1S/C17H22N4O8S/c1-17(2,3)29-16(22)19-8-11-12(9-19)15(11)18(4)30(27,28)14-6-5-10(20(23)24)7-13(14)21(25)26/h5-7,11-12,15H,8-9H2,1-4H3/t11-,12+,15+. The summed E-state index contributed by atoms with van der Waals surface area (Å²) in [6, 6.07) is 2.03. The van der Waals surface area contributed by atoms with Crippen LogP contribution in [0.25, 0.3) is 0 Å². The Morgan fingerprint density at radius 1 is 1.17 bits per heavy atom. The minimum absolute atomic E-state index is 0.102. The molecule has 3 atom stereocenters. The van der Waals surface area contributed by atoms with Crippen molar-refractivity contribution < 1.29 is 27.8 Å². The predicted molar refractivity (Wildman–Crippen MR) is 103 cm³/mol. The second-order valence-electron chi connectivity index (χ2n) is 8.39. The van der Waals surface area contributed by atoms with E-state index in [0.717, 1.165) is 16.4 Å². The topological polar surface area (TPSA) is 153 Å². The van der Waals surface area contributed by atoms with Gasteiger partial charge in [-0.15, -0.1) is 0 Å². The van der Waals surface area contributed by atoms with Gasteiger partial charge >= 0.3 is 6.09 Å². The molecule has 0 unspecified atom stereocenters. The molecule has 1 saturated carbocycles. The Morgan fingerprint density at radius 3 is 2.20 bits per heavy atom. The van der Waals surface area contributed by atoms with E-state index in [1.165, 1.54) is 11.9 Å². The van der Waals surface area contributed by atoms with Gasteiger partial charge < -0.3 is 9.64 Å². The molecule has 0 aromatic heterocycles. The van der Waals surface area contributed by atoms with Crippen molar-refractivity contribution in [2.45, 2.75) is 37.3 Å². The Kier molecular flexibility index (Phi) is 5.23. The summed E-state index contributed by atoms with van der Waals surface area (Å²) in [6.45, 7) is 5.91. The van der Waals surface area contributed by atoms with Gasteiger partial charge in [0.1, 0.15) is 5.60 Å². The maximum atomic E-state index is 13.0. The summed E-state index contributed by atoms with van der Waals surface area (Å²) in [6.07, 6.45) is -0.468. The fourth-order valence-corrected chi connectivity index (χ4v) is 5.39. The number of nitro groups is 2. The number of carbonyl (C=O) groups is 1. The number of piperidine rings is 1. The molecule has 1 saturated heterocycles. The number of rotatable bonds is 5. The van der Waals surface area contributed by atoms with Crippen molar-refractivity contribution in [3.05, 3.63) is 38.4 Å². The molecular formula is C17H22N4O8S. The highest BCUT2D eigenvalue weighted by molar-refractivity contribution is 7.89. The molecular weight excluding hydrogens is 420 g/mol. The Hall–Kier alpha value is -2.80. The average Bonchev–Trinajstić information content (AvgIpc) is 3.10. The van der Waals surface area contributed by atoms with Crippen LogP contribution in [-0.4, -0.2) is 65.3 Å². The van der Waals surface area contributed by atoms with E-state index in [1.807, 2.05) is 0 Å². The largest absolute Gasteiger partial charge is 0.444 e. The number of hydrogen-bond acceptors (Lipinski definition) is 8. The van der Waals surface area contributed by atoms with Crippen LogP contribution in [0.5, 0.6) is 0 Å². The second-order valence-corrected chi connectivity index (χ2v) is 10.4. The molecule has 1 aliphatic heterocycles. The molecule has 0 N–H and O–H groups in total. The highest BCUT2D eigenvalue weighted by atomic mass is 32.2. The van der Waals surface area contributed by atoms with Crippen LogP contribution in [0.4, 0.5) is 16.2 Å². The molecule has 30 heavy (non-hydrogen) atoms. The van der Waals surface area contributed by atoms with E-state index in [4.69, 9.17) is 4.74 Å². The van der Waals surface area contributed by atoms with Crippen LogP contribution in [0.15, 0.2) is 23.1 Å². The Morgan fingerprint density at radius 2 is 1.73 bits per heavy atom. The fraction of sp³-hybridized carbons (Fsp3) is 0.588. The smallest absolute Gasteiger partial charge is 0.410 e. The van der Waals surface area contributed by atoms with Crippen molar-refractivity contribution in [3.8, 4) is 0 Å². The zero-order valence-electron chi connectivity index (χ0n) is 16.8. The molecule has 2 aliphatic rings. The SMILES string of the molecule is CN([C@H]1[C@@H]2CN(C(=O)OC(C)(C)C)C[C@@H]21)S(=O)(=O)c1ccc([N+](=O)[O-])cc1[N+](=O)[O-]. The summed E-state index contributed by atoms with van der Waals surface area (Å²) in [5.74, 6) is -0.205. The normalized spacial score (nSPS) is 23.2. The van der Waals surface area contributed by atoms with Crippen molar-refractivity contribution in [2.75, 3.05) is 20.1 Å². The van der Waals surface area contributed by atoms with E-state index >= 15 is 0 Å². The maximum absolute atomic E-state index is 13.0. The molecule has 13 heteroatoms. The van der Waals surface area contributed by atoms with E-state index in [1.54, 1.807) is 20.8 Å². The Balaban J connectivity index is 1.77. The van der Waals surface area contributed by atoms with Gasteiger partial charge in [0, 0.05) is 32.2 Å². The molecule has 12 nitrogen and oxygen atoms in total. The molecule has 3 rings (SSSR count). The fourth-order valence-electron chi connectivity index (χ4n) is 3.81. The third-order valence-electron chi connectivity index (χ3n) is 5.23. The summed E-state index contributed by atoms with van der Waals surface area (Å²) in [7, 11) is -2.95. The number of hydrogen-bond donors (Lipinski definition) is 0. The van der Waals surface area contributed by atoms with Crippen LogP contribution in [0.3, 0.4) is 0 Å². The number of amides is 1. The minimum atomic E-state index is -4.27. The summed E-state index contributed by atoms with van der Waals surface area (Å²) < 4.78 is 32.4. The van der Waals surface area contributed by atoms with E-state index in [2.05, 4.69) is 0 Å². The first-order valence-corrected chi connectivity index (χ1v) is 10.6. The van der Waals surface area contributed by atoms with Crippen LogP contribution in [0.2, 0.25) is 0 Å². The molecule has 0 radical (unpaired) electrons. The van der Waals surface area contributed by atoms with Crippen molar-refractivity contribution in [1.29, 1.82) is 0 Å². The number of nitrogens with zero attached hydrogens (tertiary/aromatic N) is 4. The Labute approximate surface area is 172 Å². The number of fused-ring (bicyclic) bond motifs is 1. The number of ether oxygens (including phenoxy) is 1. The van der Waals surface area contributed by atoms with Gasteiger partial charge in [0.25, 0.3) is 11.4 Å². The van der Waals surface area contributed by atoms with Crippen LogP contribution >= 0.6 is 0 Å². The van der Waals surface area contributed by atoms with Crippen LogP contribution in [0, 0.1) is 32.1 Å². The van der Waals surface area contributed by atoms with E-state index in [9.17, 15) is 33.4 Å². The minimum Gasteiger partial charge on any atom is -0.444 e. The van der Waals surface area contributed by atoms with Gasteiger partial charge in [0.15, 0.2) is 4.90 Å². The third kappa shape index (κ3) is 3.94.